The number of benzene rings is 3. The third-order valence-electron chi connectivity index (χ3n) is 4.56. The SMILES string of the molecule is C=C(C)C(=O)Oc1ccc(-c2ccc(OC(=O)CCc3ccc(O)c(O)c3)c(F)c2)cc1. The number of esters is 2. The minimum atomic E-state index is -0.698. The number of rotatable bonds is 7. The highest BCUT2D eigenvalue weighted by molar-refractivity contribution is 5.88. The standard InChI is InChI=1S/C25H21FO6/c1-15(2)25(30)31-19-8-5-17(6-9-19)18-7-11-23(20(26)14-18)32-24(29)12-4-16-3-10-21(27)22(28)13-16/h3,5-11,13-14,27-28H,1,4,12H2,2H3. The van der Waals surface area contributed by atoms with Gasteiger partial charge in [0.1, 0.15) is 5.75 Å². The smallest absolute Gasteiger partial charge is 0.338 e. The van der Waals surface area contributed by atoms with E-state index in [9.17, 15) is 24.2 Å². The van der Waals surface area contributed by atoms with Gasteiger partial charge in [-0.15, -0.1) is 0 Å². The summed E-state index contributed by atoms with van der Waals surface area (Å²) >= 11 is 0. The molecular formula is C25H21FO6. The van der Waals surface area contributed by atoms with Gasteiger partial charge in [-0.25, -0.2) is 9.18 Å². The molecule has 0 aromatic heterocycles. The first-order valence-electron chi connectivity index (χ1n) is 9.72. The Kier molecular flexibility index (Phi) is 6.90. The molecule has 0 aliphatic carbocycles. The van der Waals surface area contributed by atoms with Gasteiger partial charge in [-0.3, -0.25) is 4.79 Å². The molecule has 0 aliphatic rings. The first kappa shape index (κ1) is 22.6. The van der Waals surface area contributed by atoms with Crippen molar-refractivity contribution in [2.24, 2.45) is 0 Å². The van der Waals surface area contributed by atoms with E-state index in [0.29, 0.717) is 22.4 Å². The van der Waals surface area contributed by atoms with Crippen LogP contribution in [0.2, 0.25) is 0 Å². The highest BCUT2D eigenvalue weighted by Crippen LogP contribution is 2.28. The van der Waals surface area contributed by atoms with E-state index < -0.39 is 17.8 Å². The molecule has 3 aromatic rings. The number of carbonyl (C=O) groups is 2. The summed E-state index contributed by atoms with van der Waals surface area (Å²) in [5, 5.41) is 18.8. The molecule has 0 fully saturated rings. The van der Waals surface area contributed by atoms with Crippen LogP contribution < -0.4 is 9.47 Å². The molecule has 0 heterocycles. The molecule has 0 aliphatic heterocycles. The van der Waals surface area contributed by atoms with E-state index in [0.717, 1.165) is 0 Å². The van der Waals surface area contributed by atoms with E-state index in [2.05, 4.69) is 6.58 Å². The molecule has 0 saturated carbocycles. The lowest BCUT2D eigenvalue weighted by atomic mass is 10.1. The van der Waals surface area contributed by atoms with Crippen molar-refractivity contribution in [2.45, 2.75) is 19.8 Å². The van der Waals surface area contributed by atoms with Gasteiger partial charge in [0.2, 0.25) is 0 Å². The molecule has 0 radical (unpaired) electrons. The average Bonchev–Trinajstić information content (AvgIpc) is 2.76. The van der Waals surface area contributed by atoms with Crippen molar-refractivity contribution in [1.82, 2.24) is 0 Å². The number of aromatic hydroxyl groups is 2. The predicted octanol–water partition coefficient (Wildman–Crippen LogP) is 4.92. The summed E-state index contributed by atoms with van der Waals surface area (Å²) in [6, 6.07) is 15.0. The third kappa shape index (κ3) is 5.72. The van der Waals surface area contributed by atoms with Crippen LogP contribution in [0.1, 0.15) is 18.9 Å². The Bertz CT molecular complexity index is 1170. The zero-order valence-electron chi connectivity index (χ0n) is 17.3. The Morgan fingerprint density at radius 1 is 0.906 bits per heavy atom. The quantitative estimate of drug-likeness (QED) is 0.236. The highest BCUT2D eigenvalue weighted by Gasteiger charge is 2.12. The van der Waals surface area contributed by atoms with Crippen LogP contribution in [0.3, 0.4) is 0 Å². The largest absolute Gasteiger partial charge is 0.504 e. The van der Waals surface area contributed by atoms with Crippen molar-refractivity contribution < 1.29 is 33.7 Å². The second kappa shape index (κ2) is 9.78. The van der Waals surface area contributed by atoms with Crippen LogP contribution in [0, 0.1) is 5.82 Å². The Morgan fingerprint density at radius 2 is 1.59 bits per heavy atom. The Morgan fingerprint density at radius 3 is 2.22 bits per heavy atom. The van der Waals surface area contributed by atoms with Crippen molar-refractivity contribution in [3.05, 3.63) is 84.2 Å². The van der Waals surface area contributed by atoms with E-state index >= 15 is 0 Å². The molecule has 7 heteroatoms. The van der Waals surface area contributed by atoms with Crippen molar-refractivity contribution in [3.63, 3.8) is 0 Å². The molecule has 3 rings (SSSR count). The second-order valence-corrected chi connectivity index (χ2v) is 7.14. The van der Waals surface area contributed by atoms with E-state index in [1.807, 2.05) is 0 Å². The normalized spacial score (nSPS) is 10.4. The minimum Gasteiger partial charge on any atom is -0.504 e. The maximum absolute atomic E-state index is 14.5. The first-order valence-corrected chi connectivity index (χ1v) is 9.72. The molecule has 164 valence electrons. The summed E-state index contributed by atoms with van der Waals surface area (Å²) in [4.78, 5) is 23.6. The summed E-state index contributed by atoms with van der Waals surface area (Å²) in [5.41, 5.74) is 2.15. The number of hydrogen-bond donors (Lipinski definition) is 2. The molecule has 6 nitrogen and oxygen atoms in total. The van der Waals surface area contributed by atoms with E-state index in [1.165, 1.54) is 24.3 Å². The number of halogens is 1. The monoisotopic (exact) mass is 436 g/mol. The number of aryl methyl sites for hydroxylation is 1. The van der Waals surface area contributed by atoms with Crippen molar-refractivity contribution >= 4 is 11.9 Å². The van der Waals surface area contributed by atoms with E-state index in [4.69, 9.17) is 9.47 Å². The number of hydrogen-bond acceptors (Lipinski definition) is 6. The van der Waals surface area contributed by atoms with Gasteiger partial charge in [0.05, 0.1) is 0 Å². The first-order chi connectivity index (χ1) is 15.2. The van der Waals surface area contributed by atoms with Gasteiger partial charge in [-0.2, -0.15) is 0 Å². The van der Waals surface area contributed by atoms with Crippen molar-refractivity contribution in [1.29, 1.82) is 0 Å². The molecule has 0 unspecified atom stereocenters. The lowest BCUT2D eigenvalue weighted by molar-refractivity contribution is -0.134. The molecule has 2 N–H and O–H groups in total. The Hall–Kier alpha value is -4.13. The molecule has 3 aromatic carbocycles. The average molecular weight is 436 g/mol. The van der Waals surface area contributed by atoms with Crippen LogP contribution in [0.4, 0.5) is 4.39 Å². The van der Waals surface area contributed by atoms with Crippen LogP contribution in [-0.2, 0) is 16.0 Å². The van der Waals surface area contributed by atoms with Gasteiger partial charge in [-0.1, -0.05) is 30.8 Å². The Labute approximate surface area is 184 Å². The fourth-order valence-electron chi connectivity index (χ4n) is 2.82. The van der Waals surface area contributed by atoms with Crippen molar-refractivity contribution in [3.8, 4) is 34.1 Å². The van der Waals surface area contributed by atoms with Crippen LogP contribution in [0.15, 0.2) is 72.8 Å². The third-order valence-corrected chi connectivity index (χ3v) is 4.56. The maximum atomic E-state index is 14.5. The summed E-state index contributed by atoms with van der Waals surface area (Å²) < 4.78 is 24.7. The summed E-state index contributed by atoms with van der Waals surface area (Å²) in [5.74, 6) is -2.24. The topological polar surface area (TPSA) is 93.1 Å². The molecule has 0 atom stereocenters. The number of carbonyl (C=O) groups excluding carboxylic acids is 2. The minimum absolute atomic E-state index is 0.0320. The maximum Gasteiger partial charge on any atom is 0.338 e. The lowest BCUT2D eigenvalue weighted by Gasteiger charge is -2.09. The summed E-state index contributed by atoms with van der Waals surface area (Å²) in [6.07, 6.45) is 0.227. The van der Waals surface area contributed by atoms with Crippen LogP contribution in [0.25, 0.3) is 11.1 Å². The second-order valence-electron chi connectivity index (χ2n) is 7.14. The number of phenols is 2. The molecule has 0 bridgehead atoms. The van der Waals surface area contributed by atoms with Crippen LogP contribution >= 0.6 is 0 Å². The number of phenolic OH excluding ortho intramolecular Hbond substituents is 2. The van der Waals surface area contributed by atoms with Gasteiger partial charge in [-0.05, 0) is 66.4 Å². The molecule has 0 amide bonds. The fraction of sp³-hybridized carbons (Fsp3) is 0.120. The lowest BCUT2D eigenvalue weighted by Crippen LogP contribution is -2.10. The number of ether oxygens (including phenoxy) is 2. The van der Waals surface area contributed by atoms with Crippen molar-refractivity contribution in [2.75, 3.05) is 0 Å². The van der Waals surface area contributed by atoms with Gasteiger partial charge < -0.3 is 19.7 Å². The van der Waals surface area contributed by atoms with Gasteiger partial charge in [0, 0.05) is 12.0 Å². The summed E-state index contributed by atoms with van der Waals surface area (Å²) in [7, 11) is 0. The molecule has 0 spiro atoms. The predicted molar refractivity (Wildman–Crippen MR) is 116 cm³/mol. The molecular weight excluding hydrogens is 415 g/mol. The fourth-order valence-corrected chi connectivity index (χ4v) is 2.82. The van der Waals surface area contributed by atoms with Gasteiger partial charge in [0.15, 0.2) is 23.1 Å². The van der Waals surface area contributed by atoms with Crippen LogP contribution in [-0.4, -0.2) is 22.2 Å². The Balaban J connectivity index is 1.61. The van der Waals surface area contributed by atoms with E-state index in [-0.39, 0.29) is 35.7 Å². The van der Waals surface area contributed by atoms with Gasteiger partial charge >= 0.3 is 11.9 Å². The van der Waals surface area contributed by atoms with E-state index in [1.54, 1.807) is 43.3 Å². The highest BCUT2D eigenvalue weighted by atomic mass is 19.1. The molecule has 0 saturated heterocycles. The van der Waals surface area contributed by atoms with Gasteiger partial charge in [0.25, 0.3) is 0 Å². The van der Waals surface area contributed by atoms with Crippen LogP contribution in [0.5, 0.6) is 23.0 Å². The zero-order valence-corrected chi connectivity index (χ0v) is 17.3. The molecule has 32 heavy (non-hydrogen) atoms. The summed E-state index contributed by atoms with van der Waals surface area (Å²) in [6.45, 7) is 5.06. The zero-order chi connectivity index (χ0) is 23.3.